The van der Waals surface area contributed by atoms with Gasteiger partial charge in [0.15, 0.2) is 0 Å². The van der Waals surface area contributed by atoms with Crippen LogP contribution < -0.4 is 5.73 Å². The molecule has 1 aromatic carbocycles. The molecule has 0 bridgehead atoms. The first kappa shape index (κ1) is 15.3. The second-order valence-corrected chi connectivity index (χ2v) is 7.45. The second kappa shape index (κ2) is 6.11. The van der Waals surface area contributed by atoms with Crippen LogP contribution in [0.5, 0.6) is 0 Å². The molecule has 1 aliphatic rings. The van der Waals surface area contributed by atoms with Crippen LogP contribution in [0.1, 0.15) is 18.9 Å². The Morgan fingerprint density at radius 2 is 2.00 bits per heavy atom. The molecule has 0 spiro atoms. The molecule has 0 amide bonds. The van der Waals surface area contributed by atoms with Gasteiger partial charge in [0.1, 0.15) is 0 Å². The zero-order chi connectivity index (χ0) is 14.8. The lowest BCUT2D eigenvalue weighted by atomic mass is 10.2. The molecule has 1 aliphatic heterocycles. The fourth-order valence-corrected chi connectivity index (χ4v) is 4.55. The molecule has 2 rings (SSSR count). The highest BCUT2D eigenvalue weighted by molar-refractivity contribution is 7.88. The smallest absolute Gasteiger partial charge is 0.218 e. The number of para-hydroxylation sites is 1. The van der Waals surface area contributed by atoms with Crippen molar-refractivity contribution in [3.63, 3.8) is 0 Å². The molecule has 6 heteroatoms. The standard InChI is InChI=1S/C14H23N3O2S/c1-12-10-16(2)8-5-9-17(12)20(18,19)11-13-6-3-4-7-14(13)15/h3-4,6-7,12H,5,8-11,15H2,1-2H3. The maximum absolute atomic E-state index is 12.6. The molecule has 1 atom stereocenters. The molecule has 1 aromatic rings. The van der Waals surface area contributed by atoms with E-state index >= 15 is 0 Å². The Morgan fingerprint density at radius 3 is 2.70 bits per heavy atom. The number of hydrogen-bond acceptors (Lipinski definition) is 4. The van der Waals surface area contributed by atoms with Gasteiger partial charge in [0.2, 0.25) is 10.0 Å². The van der Waals surface area contributed by atoms with Crippen molar-refractivity contribution < 1.29 is 8.42 Å². The summed E-state index contributed by atoms with van der Waals surface area (Å²) in [4.78, 5) is 2.18. The van der Waals surface area contributed by atoms with E-state index in [1.54, 1.807) is 16.4 Å². The predicted molar refractivity (Wildman–Crippen MR) is 81.8 cm³/mol. The van der Waals surface area contributed by atoms with Gasteiger partial charge >= 0.3 is 0 Å². The molecular weight excluding hydrogens is 274 g/mol. The fraction of sp³-hybridized carbons (Fsp3) is 0.571. The van der Waals surface area contributed by atoms with Gasteiger partial charge in [-0.05, 0) is 38.6 Å². The number of benzene rings is 1. The van der Waals surface area contributed by atoms with Crippen LogP contribution in [-0.4, -0.2) is 50.3 Å². The lowest BCUT2D eigenvalue weighted by Gasteiger charge is -2.27. The van der Waals surface area contributed by atoms with Crippen LogP contribution in [0.2, 0.25) is 0 Å². The van der Waals surface area contributed by atoms with Crippen molar-refractivity contribution in [2.45, 2.75) is 25.1 Å². The molecule has 20 heavy (non-hydrogen) atoms. The highest BCUT2D eigenvalue weighted by atomic mass is 32.2. The lowest BCUT2D eigenvalue weighted by Crippen LogP contribution is -2.42. The highest BCUT2D eigenvalue weighted by Gasteiger charge is 2.30. The normalized spacial score (nSPS) is 22.6. The lowest BCUT2D eigenvalue weighted by molar-refractivity contribution is 0.290. The summed E-state index contributed by atoms with van der Waals surface area (Å²) in [5.41, 5.74) is 7.07. The van der Waals surface area contributed by atoms with Crippen LogP contribution in [0.15, 0.2) is 24.3 Å². The Morgan fingerprint density at radius 1 is 1.30 bits per heavy atom. The van der Waals surface area contributed by atoms with Crippen LogP contribution in [0.3, 0.4) is 0 Å². The zero-order valence-electron chi connectivity index (χ0n) is 12.1. The molecular formula is C14H23N3O2S. The molecule has 0 aromatic heterocycles. The second-order valence-electron chi connectivity index (χ2n) is 5.53. The van der Waals surface area contributed by atoms with Crippen LogP contribution in [-0.2, 0) is 15.8 Å². The first-order chi connectivity index (χ1) is 9.40. The SMILES string of the molecule is CC1CN(C)CCCN1S(=O)(=O)Cc1ccccc1N. The summed E-state index contributed by atoms with van der Waals surface area (Å²) in [6.45, 7) is 4.25. The Labute approximate surface area is 121 Å². The third kappa shape index (κ3) is 3.50. The van der Waals surface area contributed by atoms with E-state index in [1.165, 1.54) is 0 Å². The van der Waals surface area contributed by atoms with Gasteiger partial charge in [-0.2, -0.15) is 4.31 Å². The maximum Gasteiger partial charge on any atom is 0.218 e. The number of nitrogens with two attached hydrogens (primary N) is 1. The summed E-state index contributed by atoms with van der Waals surface area (Å²) >= 11 is 0. The fourth-order valence-electron chi connectivity index (χ4n) is 2.71. The van der Waals surface area contributed by atoms with Gasteiger partial charge in [-0.25, -0.2) is 8.42 Å². The number of hydrogen-bond donors (Lipinski definition) is 1. The first-order valence-electron chi connectivity index (χ1n) is 6.91. The predicted octanol–water partition coefficient (Wildman–Crippen LogP) is 1.12. The molecule has 0 saturated carbocycles. The van der Waals surface area contributed by atoms with Gasteiger partial charge in [-0.1, -0.05) is 18.2 Å². The van der Waals surface area contributed by atoms with E-state index in [2.05, 4.69) is 4.90 Å². The summed E-state index contributed by atoms with van der Waals surface area (Å²) in [6, 6.07) is 7.15. The Bertz CT molecular complexity index is 559. The molecule has 1 saturated heterocycles. The van der Waals surface area contributed by atoms with Crippen molar-refractivity contribution in [1.29, 1.82) is 0 Å². The summed E-state index contributed by atoms with van der Waals surface area (Å²) in [7, 11) is -1.30. The molecule has 0 radical (unpaired) electrons. The molecule has 112 valence electrons. The molecule has 1 heterocycles. The van der Waals surface area contributed by atoms with Gasteiger partial charge in [0, 0.05) is 24.8 Å². The minimum atomic E-state index is -3.33. The van der Waals surface area contributed by atoms with Crippen molar-refractivity contribution in [3.8, 4) is 0 Å². The average molecular weight is 297 g/mol. The number of nitrogens with zero attached hydrogens (tertiary/aromatic N) is 2. The van der Waals surface area contributed by atoms with Gasteiger partial charge < -0.3 is 10.6 Å². The van der Waals surface area contributed by atoms with Crippen molar-refractivity contribution in [2.24, 2.45) is 0 Å². The Hall–Kier alpha value is -1.11. The molecule has 1 unspecified atom stereocenters. The van der Waals surface area contributed by atoms with Crippen molar-refractivity contribution in [3.05, 3.63) is 29.8 Å². The largest absolute Gasteiger partial charge is 0.398 e. The Kier molecular flexibility index (Phi) is 4.67. The maximum atomic E-state index is 12.6. The minimum Gasteiger partial charge on any atom is -0.398 e. The van der Waals surface area contributed by atoms with Crippen LogP contribution in [0, 0.1) is 0 Å². The van der Waals surface area contributed by atoms with Gasteiger partial charge in [-0.3, -0.25) is 0 Å². The topological polar surface area (TPSA) is 66.6 Å². The zero-order valence-corrected chi connectivity index (χ0v) is 12.9. The van der Waals surface area contributed by atoms with Crippen LogP contribution in [0.4, 0.5) is 5.69 Å². The average Bonchev–Trinajstić information content (AvgIpc) is 2.53. The van der Waals surface area contributed by atoms with Crippen molar-refractivity contribution >= 4 is 15.7 Å². The van der Waals surface area contributed by atoms with Crippen molar-refractivity contribution in [2.75, 3.05) is 32.4 Å². The van der Waals surface area contributed by atoms with Gasteiger partial charge in [0.05, 0.1) is 5.75 Å². The number of rotatable bonds is 3. The summed E-state index contributed by atoms with van der Waals surface area (Å²) in [6.07, 6.45) is 0.865. The number of anilines is 1. The minimum absolute atomic E-state index is 0.00237. The first-order valence-corrected chi connectivity index (χ1v) is 8.52. The van der Waals surface area contributed by atoms with E-state index in [4.69, 9.17) is 5.73 Å². The van der Waals surface area contributed by atoms with Gasteiger partial charge in [-0.15, -0.1) is 0 Å². The van der Waals surface area contributed by atoms with Gasteiger partial charge in [0.25, 0.3) is 0 Å². The summed E-state index contributed by atoms with van der Waals surface area (Å²) in [5, 5.41) is 0. The third-order valence-corrected chi connectivity index (χ3v) is 5.67. The van der Waals surface area contributed by atoms with Crippen molar-refractivity contribution in [1.82, 2.24) is 9.21 Å². The molecule has 1 fully saturated rings. The van der Waals surface area contributed by atoms with Crippen LogP contribution in [0.25, 0.3) is 0 Å². The number of sulfonamides is 1. The van der Waals surface area contributed by atoms with Crippen LogP contribution >= 0.6 is 0 Å². The molecule has 5 nitrogen and oxygen atoms in total. The van der Waals surface area contributed by atoms with E-state index in [0.29, 0.717) is 17.8 Å². The van der Waals surface area contributed by atoms with E-state index in [9.17, 15) is 8.42 Å². The monoisotopic (exact) mass is 297 g/mol. The molecule has 2 N–H and O–H groups in total. The summed E-state index contributed by atoms with van der Waals surface area (Å²) < 4.78 is 26.9. The molecule has 0 aliphatic carbocycles. The third-order valence-electron chi connectivity index (χ3n) is 3.74. The van der Waals surface area contributed by atoms with E-state index in [1.807, 2.05) is 26.1 Å². The Balaban J connectivity index is 2.19. The van der Waals surface area contributed by atoms with E-state index in [-0.39, 0.29) is 11.8 Å². The highest BCUT2D eigenvalue weighted by Crippen LogP contribution is 2.20. The van der Waals surface area contributed by atoms with E-state index < -0.39 is 10.0 Å². The summed E-state index contributed by atoms with van der Waals surface area (Å²) in [5.74, 6) is -0.0201. The quantitative estimate of drug-likeness (QED) is 0.849. The number of likely N-dealkylation sites (N-methyl/N-ethyl adjacent to an activating group) is 1. The van der Waals surface area contributed by atoms with E-state index in [0.717, 1.165) is 19.5 Å². The number of nitrogen functional groups attached to an aromatic ring is 1.